The molecule has 1 aliphatic carbocycles. The zero-order chi connectivity index (χ0) is 8.39. The van der Waals surface area contributed by atoms with Crippen LogP contribution in [-0.2, 0) is 0 Å². The van der Waals surface area contributed by atoms with Crippen LogP contribution < -0.4 is 0 Å². The Labute approximate surface area is 82.3 Å². The molecule has 68 valence electrons. The van der Waals surface area contributed by atoms with Crippen LogP contribution >= 0.6 is 15.9 Å². The lowest BCUT2D eigenvalue weighted by molar-refractivity contribution is 0.259. The van der Waals surface area contributed by atoms with E-state index in [4.69, 9.17) is 0 Å². The average Bonchev–Trinajstić information content (AvgIpc) is 2.83. The molecule has 0 spiro atoms. The number of nitrogens with zero attached hydrogens (tertiary/aromatic N) is 2. The van der Waals surface area contributed by atoms with Gasteiger partial charge in [0.25, 0.3) is 0 Å². The van der Waals surface area contributed by atoms with E-state index in [1.54, 1.807) is 0 Å². The summed E-state index contributed by atoms with van der Waals surface area (Å²) in [7, 11) is 0. The fourth-order valence-corrected chi connectivity index (χ4v) is 1.79. The highest BCUT2D eigenvalue weighted by Crippen LogP contribution is 2.29. The van der Waals surface area contributed by atoms with Gasteiger partial charge in [-0.3, -0.25) is 0 Å². The summed E-state index contributed by atoms with van der Waals surface area (Å²) in [6.45, 7) is 2.31. The van der Waals surface area contributed by atoms with E-state index in [1.807, 2.05) is 0 Å². The molecule has 2 aliphatic rings. The molecule has 0 aromatic carbocycles. The average molecular weight is 231 g/mol. The second-order valence-corrected chi connectivity index (χ2v) is 4.33. The Bertz CT molecular complexity index is 177. The minimum atomic E-state index is 0.871. The maximum Gasteiger partial charge on any atom is 0.0896 e. The van der Waals surface area contributed by atoms with E-state index in [-0.39, 0.29) is 0 Å². The van der Waals surface area contributed by atoms with Crippen LogP contribution in [0.1, 0.15) is 19.3 Å². The second kappa shape index (κ2) is 3.69. The van der Waals surface area contributed by atoms with Crippen LogP contribution in [-0.4, -0.2) is 34.4 Å². The highest BCUT2D eigenvalue weighted by atomic mass is 79.9. The van der Waals surface area contributed by atoms with Gasteiger partial charge in [0.05, 0.1) is 6.67 Å². The van der Waals surface area contributed by atoms with Crippen molar-refractivity contribution in [2.24, 2.45) is 0 Å². The van der Waals surface area contributed by atoms with Crippen molar-refractivity contribution in [3.8, 4) is 0 Å². The first-order valence-electron chi connectivity index (χ1n) is 4.64. The number of hydrogen-bond donors (Lipinski definition) is 0. The molecule has 2 rings (SSSR count). The topological polar surface area (TPSA) is 6.48 Å². The minimum Gasteiger partial charge on any atom is -0.359 e. The molecular formula is C9H15BrN2. The third-order valence-electron chi connectivity index (χ3n) is 2.41. The van der Waals surface area contributed by atoms with Gasteiger partial charge in [-0.25, -0.2) is 0 Å². The monoisotopic (exact) mass is 230 g/mol. The van der Waals surface area contributed by atoms with E-state index >= 15 is 0 Å². The SMILES string of the molecule is BrCCCN1C=CN(C2CC2)C1. The minimum absolute atomic E-state index is 0.871. The van der Waals surface area contributed by atoms with Crippen molar-refractivity contribution in [2.45, 2.75) is 25.3 Å². The Morgan fingerprint density at radius 1 is 1.33 bits per heavy atom. The fraction of sp³-hybridized carbons (Fsp3) is 0.778. The number of rotatable bonds is 4. The van der Waals surface area contributed by atoms with Crippen molar-refractivity contribution < 1.29 is 0 Å². The number of alkyl halides is 1. The molecule has 0 aromatic rings. The smallest absolute Gasteiger partial charge is 0.0896 e. The second-order valence-electron chi connectivity index (χ2n) is 3.54. The lowest BCUT2D eigenvalue weighted by Crippen LogP contribution is -2.27. The third-order valence-corrected chi connectivity index (χ3v) is 2.97. The van der Waals surface area contributed by atoms with Crippen LogP contribution in [0.2, 0.25) is 0 Å². The summed E-state index contributed by atoms with van der Waals surface area (Å²) in [4.78, 5) is 4.84. The molecule has 1 heterocycles. The Balaban J connectivity index is 1.71. The lowest BCUT2D eigenvalue weighted by atomic mass is 10.4. The Morgan fingerprint density at radius 2 is 2.17 bits per heavy atom. The van der Waals surface area contributed by atoms with E-state index in [9.17, 15) is 0 Å². The van der Waals surface area contributed by atoms with Gasteiger partial charge >= 0.3 is 0 Å². The molecule has 1 fully saturated rings. The molecule has 3 heteroatoms. The van der Waals surface area contributed by atoms with Crippen LogP contribution in [0.25, 0.3) is 0 Å². The fourth-order valence-electron chi connectivity index (χ4n) is 1.54. The van der Waals surface area contributed by atoms with E-state index in [2.05, 4.69) is 38.1 Å². The molecule has 0 atom stereocenters. The molecular weight excluding hydrogens is 216 g/mol. The van der Waals surface area contributed by atoms with Crippen LogP contribution in [0.4, 0.5) is 0 Å². The van der Waals surface area contributed by atoms with Gasteiger partial charge in [-0.15, -0.1) is 0 Å². The Hall–Kier alpha value is -0.180. The van der Waals surface area contributed by atoms with E-state index < -0.39 is 0 Å². The summed E-state index contributed by atoms with van der Waals surface area (Å²) < 4.78 is 0. The van der Waals surface area contributed by atoms with E-state index in [1.165, 1.54) is 25.8 Å². The highest BCUT2D eigenvalue weighted by Gasteiger charge is 2.29. The maximum atomic E-state index is 3.45. The molecule has 0 N–H and O–H groups in total. The zero-order valence-electron chi connectivity index (χ0n) is 7.25. The van der Waals surface area contributed by atoms with Crippen LogP contribution in [0.5, 0.6) is 0 Å². The summed E-state index contributed by atoms with van der Waals surface area (Å²) >= 11 is 3.45. The van der Waals surface area contributed by atoms with Crippen LogP contribution in [0, 0.1) is 0 Å². The van der Waals surface area contributed by atoms with Gasteiger partial charge in [0, 0.05) is 30.3 Å². The summed E-state index contributed by atoms with van der Waals surface area (Å²) in [6.07, 6.45) is 8.50. The van der Waals surface area contributed by atoms with Crippen molar-refractivity contribution >= 4 is 15.9 Å². The molecule has 0 radical (unpaired) electrons. The highest BCUT2D eigenvalue weighted by molar-refractivity contribution is 9.09. The van der Waals surface area contributed by atoms with Crippen molar-refractivity contribution in [1.29, 1.82) is 0 Å². The molecule has 0 saturated heterocycles. The van der Waals surface area contributed by atoms with E-state index in [0.29, 0.717) is 0 Å². The van der Waals surface area contributed by atoms with E-state index in [0.717, 1.165) is 18.0 Å². The van der Waals surface area contributed by atoms with Crippen molar-refractivity contribution in [3.05, 3.63) is 12.4 Å². The standard InChI is InChI=1S/C9H15BrN2/c10-4-1-5-11-6-7-12(8-11)9-2-3-9/h6-7,9H,1-5,8H2. The van der Waals surface area contributed by atoms with Gasteiger partial charge in [0.15, 0.2) is 0 Å². The Morgan fingerprint density at radius 3 is 2.83 bits per heavy atom. The van der Waals surface area contributed by atoms with Crippen molar-refractivity contribution in [1.82, 2.24) is 9.80 Å². The van der Waals surface area contributed by atoms with Crippen molar-refractivity contribution in [3.63, 3.8) is 0 Å². The van der Waals surface area contributed by atoms with Crippen LogP contribution in [0.15, 0.2) is 12.4 Å². The molecule has 2 nitrogen and oxygen atoms in total. The van der Waals surface area contributed by atoms with Gasteiger partial charge in [0.1, 0.15) is 0 Å². The molecule has 0 amide bonds. The third kappa shape index (κ3) is 1.94. The number of hydrogen-bond acceptors (Lipinski definition) is 2. The predicted octanol–water partition coefficient (Wildman–Crippen LogP) is 1.98. The maximum absolute atomic E-state index is 3.45. The Kier molecular flexibility index (Phi) is 2.59. The largest absolute Gasteiger partial charge is 0.359 e. The first-order chi connectivity index (χ1) is 5.90. The van der Waals surface area contributed by atoms with Gasteiger partial charge in [0.2, 0.25) is 0 Å². The summed E-state index contributed by atoms with van der Waals surface area (Å²) in [5, 5.41) is 1.11. The molecule has 12 heavy (non-hydrogen) atoms. The molecule has 1 aliphatic heterocycles. The van der Waals surface area contributed by atoms with Gasteiger partial charge in [-0.05, 0) is 19.3 Å². The van der Waals surface area contributed by atoms with Crippen LogP contribution in [0.3, 0.4) is 0 Å². The van der Waals surface area contributed by atoms with Gasteiger partial charge in [-0.2, -0.15) is 0 Å². The first-order valence-corrected chi connectivity index (χ1v) is 5.76. The molecule has 0 bridgehead atoms. The first kappa shape index (κ1) is 8.42. The van der Waals surface area contributed by atoms with Crippen molar-refractivity contribution in [2.75, 3.05) is 18.5 Å². The summed E-state index contributed by atoms with van der Waals surface area (Å²) in [6, 6.07) is 0.871. The molecule has 0 unspecified atom stereocenters. The number of halogens is 1. The lowest BCUT2D eigenvalue weighted by Gasteiger charge is -2.20. The normalized spacial score (nSPS) is 22.4. The quantitative estimate of drug-likeness (QED) is 0.682. The molecule has 1 saturated carbocycles. The summed E-state index contributed by atoms with van der Waals surface area (Å²) in [5.74, 6) is 0. The zero-order valence-corrected chi connectivity index (χ0v) is 8.83. The molecule has 0 aromatic heterocycles. The van der Waals surface area contributed by atoms with Gasteiger partial charge < -0.3 is 9.80 Å². The summed E-state index contributed by atoms with van der Waals surface area (Å²) in [5.41, 5.74) is 0. The predicted molar refractivity (Wildman–Crippen MR) is 54.0 cm³/mol. The van der Waals surface area contributed by atoms with Gasteiger partial charge in [-0.1, -0.05) is 15.9 Å².